The lowest BCUT2D eigenvalue weighted by atomic mass is 10.00. The molecule has 0 saturated heterocycles. The number of nitrogens with zero attached hydrogens (tertiary/aromatic N) is 1. The molecule has 2 aromatic carbocycles. The highest BCUT2D eigenvalue weighted by Crippen LogP contribution is 2.28. The summed E-state index contributed by atoms with van der Waals surface area (Å²) in [6, 6.07) is 13.9. The van der Waals surface area contributed by atoms with Crippen LogP contribution in [-0.4, -0.2) is 0 Å². The zero-order valence-electron chi connectivity index (χ0n) is 11.9. The molecule has 0 spiro atoms. The molecule has 1 N–H and O–H groups in total. The lowest BCUT2D eigenvalue weighted by Crippen LogP contribution is -2.09. The minimum absolute atomic E-state index is 0.127. The monoisotopic (exact) mass is 284 g/mol. The van der Waals surface area contributed by atoms with Crippen molar-refractivity contribution in [2.75, 3.05) is 5.32 Å². The number of benzene rings is 2. The minimum Gasteiger partial charge on any atom is -0.377 e. The Balaban J connectivity index is 2.27. The molecular formula is C17H17ClN2. The first-order valence-electron chi connectivity index (χ1n) is 6.54. The molecule has 0 fully saturated rings. The zero-order valence-corrected chi connectivity index (χ0v) is 12.6. The van der Waals surface area contributed by atoms with Crippen LogP contribution in [0.1, 0.15) is 35.2 Å². The molecule has 0 radical (unpaired) electrons. The van der Waals surface area contributed by atoms with E-state index in [-0.39, 0.29) is 6.04 Å². The van der Waals surface area contributed by atoms with Crippen LogP contribution in [0.25, 0.3) is 0 Å². The van der Waals surface area contributed by atoms with Crippen molar-refractivity contribution in [2.45, 2.75) is 26.8 Å². The van der Waals surface area contributed by atoms with Crippen LogP contribution < -0.4 is 5.32 Å². The molecule has 0 heterocycles. The van der Waals surface area contributed by atoms with Gasteiger partial charge < -0.3 is 5.32 Å². The summed E-state index contributed by atoms with van der Waals surface area (Å²) in [6.45, 7) is 6.28. The van der Waals surface area contributed by atoms with Gasteiger partial charge in [-0.2, -0.15) is 5.26 Å². The van der Waals surface area contributed by atoms with Crippen LogP contribution in [0.5, 0.6) is 0 Å². The van der Waals surface area contributed by atoms with Crippen molar-refractivity contribution in [2.24, 2.45) is 0 Å². The predicted octanol–water partition coefficient (Wildman–Crippen LogP) is 5.00. The lowest BCUT2D eigenvalue weighted by Gasteiger charge is -2.19. The molecule has 0 aliphatic carbocycles. The van der Waals surface area contributed by atoms with Crippen LogP contribution >= 0.6 is 11.6 Å². The van der Waals surface area contributed by atoms with Crippen LogP contribution in [-0.2, 0) is 0 Å². The van der Waals surface area contributed by atoms with Gasteiger partial charge in [0.1, 0.15) is 0 Å². The van der Waals surface area contributed by atoms with E-state index in [0.29, 0.717) is 10.6 Å². The topological polar surface area (TPSA) is 35.8 Å². The number of aryl methyl sites for hydroxylation is 2. The van der Waals surface area contributed by atoms with E-state index in [0.717, 1.165) is 5.69 Å². The molecule has 2 rings (SSSR count). The molecule has 3 heteroatoms. The largest absolute Gasteiger partial charge is 0.377 e. The van der Waals surface area contributed by atoms with Crippen LogP contribution in [0.4, 0.5) is 5.69 Å². The smallest absolute Gasteiger partial charge is 0.0992 e. The van der Waals surface area contributed by atoms with Gasteiger partial charge in [0.2, 0.25) is 0 Å². The van der Waals surface area contributed by atoms with E-state index >= 15 is 0 Å². The Labute approximate surface area is 125 Å². The minimum atomic E-state index is 0.127. The van der Waals surface area contributed by atoms with Crippen molar-refractivity contribution in [1.82, 2.24) is 0 Å². The number of nitrogens with one attached hydrogen (secondary N) is 1. The molecule has 1 unspecified atom stereocenters. The van der Waals surface area contributed by atoms with Crippen LogP contribution in [0.3, 0.4) is 0 Å². The van der Waals surface area contributed by atoms with Gasteiger partial charge in [0.05, 0.1) is 22.3 Å². The predicted molar refractivity (Wildman–Crippen MR) is 84.1 cm³/mol. The van der Waals surface area contributed by atoms with Crippen LogP contribution in [0.15, 0.2) is 36.4 Å². The molecular weight excluding hydrogens is 268 g/mol. The third kappa shape index (κ3) is 3.12. The molecule has 2 aromatic rings. The first-order valence-corrected chi connectivity index (χ1v) is 6.92. The molecule has 0 aliphatic heterocycles. The van der Waals surface area contributed by atoms with Gasteiger partial charge in [0.25, 0.3) is 0 Å². The van der Waals surface area contributed by atoms with E-state index in [4.69, 9.17) is 16.9 Å². The van der Waals surface area contributed by atoms with Crippen molar-refractivity contribution in [3.8, 4) is 6.07 Å². The molecule has 2 nitrogen and oxygen atoms in total. The Hall–Kier alpha value is -1.98. The van der Waals surface area contributed by atoms with Gasteiger partial charge in [0, 0.05) is 6.04 Å². The second kappa shape index (κ2) is 5.98. The number of nitriles is 1. The Morgan fingerprint density at radius 3 is 2.55 bits per heavy atom. The van der Waals surface area contributed by atoms with Crippen molar-refractivity contribution in [1.29, 1.82) is 5.26 Å². The SMILES string of the molecule is Cc1ccc(C(C)Nc2cc(C#N)ccc2Cl)c(C)c1. The first-order chi connectivity index (χ1) is 9.51. The average Bonchev–Trinajstić information content (AvgIpc) is 2.41. The van der Waals surface area contributed by atoms with E-state index in [9.17, 15) is 0 Å². The highest BCUT2D eigenvalue weighted by atomic mass is 35.5. The summed E-state index contributed by atoms with van der Waals surface area (Å²) in [5.41, 5.74) is 5.12. The van der Waals surface area contributed by atoms with Gasteiger partial charge in [-0.1, -0.05) is 35.4 Å². The lowest BCUT2D eigenvalue weighted by molar-refractivity contribution is 0.873. The standard InChI is InChI=1S/C17H17ClN2/c1-11-4-6-15(12(2)8-11)13(3)20-17-9-14(10-19)5-7-16(17)18/h4-9,13,20H,1-3H3. The van der Waals surface area contributed by atoms with Gasteiger partial charge in [-0.25, -0.2) is 0 Å². The fourth-order valence-electron chi connectivity index (χ4n) is 2.33. The molecule has 20 heavy (non-hydrogen) atoms. The van der Waals surface area contributed by atoms with Gasteiger partial charge in [-0.3, -0.25) is 0 Å². The van der Waals surface area contributed by atoms with E-state index in [2.05, 4.69) is 50.4 Å². The van der Waals surface area contributed by atoms with Crippen LogP contribution in [0.2, 0.25) is 5.02 Å². The number of halogens is 1. The van der Waals surface area contributed by atoms with E-state index in [1.165, 1.54) is 16.7 Å². The number of hydrogen-bond donors (Lipinski definition) is 1. The maximum atomic E-state index is 8.96. The molecule has 0 aliphatic rings. The maximum absolute atomic E-state index is 8.96. The second-order valence-electron chi connectivity index (χ2n) is 5.03. The van der Waals surface area contributed by atoms with Crippen molar-refractivity contribution in [3.63, 3.8) is 0 Å². The van der Waals surface area contributed by atoms with E-state index < -0.39 is 0 Å². The molecule has 1 atom stereocenters. The molecule has 0 saturated carbocycles. The highest BCUT2D eigenvalue weighted by Gasteiger charge is 2.10. The highest BCUT2D eigenvalue weighted by molar-refractivity contribution is 6.33. The van der Waals surface area contributed by atoms with Gasteiger partial charge in [-0.05, 0) is 50.1 Å². The van der Waals surface area contributed by atoms with E-state index in [1.807, 2.05) is 0 Å². The Morgan fingerprint density at radius 2 is 1.90 bits per heavy atom. The van der Waals surface area contributed by atoms with Gasteiger partial charge in [-0.15, -0.1) is 0 Å². The quantitative estimate of drug-likeness (QED) is 0.861. The Bertz CT molecular complexity index is 671. The molecule has 0 bridgehead atoms. The summed E-state index contributed by atoms with van der Waals surface area (Å²) in [5.74, 6) is 0. The summed E-state index contributed by atoms with van der Waals surface area (Å²) in [5, 5.41) is 13.0. The maximum Gasteiger partial charge on any atom is 0.0992 e. The Morgan fingerprint density at radius 1 is 1.15 bits per heavy atom. The Kier molecular flexibility index (Phi) is 4.32. The van der Waals surface area contributed by atoms with Gasteiger partial charge in [0.15, 0.2) is 0 Å². The number of rotatable bonds is 3. The van der Waals surface area contributed by atoms with Crippen LogP contribution in [0, 0.1) is 25.2 Å². The second-order valence-corrected chi connectivity index (χ2v) is 5.44. The van der Waals surface area contributed by atoms with Gasteiger partial charge >= 0.3 is 0 Å². The molecule has 0 aromatic heterocycles. The third-order valence-corrected chi connectivity index (χ3v) is 3.69. The fraction of sp³-hybridized carbons (Fsp3) is 0.235. The summed E-state index contributed by atoms with van der Waals surface area (Å²) < 4.78 is 0. The summed E-state index contributed by atoms with van der Waals surface area (Å²) in [6.07, 6.45) is 0. The molecule has 102 valence electrons. The summed E-state index contributed by atoms with van der Waals surface area (Å²) >= 11 is 6.18. The van der Waals surface area contributed by atoms with E-state index in [1.54, 1.807) is 18.2 Å². The summed E-state index contributed by atoms with van der Waals surface area (Å²) in [7, 11) is 0. The zero-order chi connectivity index (χ0) is 14.7. The van der Waals surface area contributed by atoms with Crippen molar-refractivity contribution in [3.05, 3.63) is 63.7 Å². The first kappa shape index (κ1) is 14.4. The van der Waals surface area contributed by atoms with Crippen molar-refractivity contribution >= 4 is 17.3 Å². The number of hydrogen-bond acceptors (Lipinski definition) is 2. The fourth-order valence-corrected chi connectivity index (χ4v) is 2.50. The average molecular weight is 285 g/mol. The number of anilines is 1. The third-order valence-electron chi connectivity index (χ3n) is 3.36. The normalized spacial score (nSPS) is 11.8. The molecule has 0 amide bonds. The summed E-state index contributed by atoms with van der Waals surface area (Å²) in [4.78, 5) is 0. The van der Waals surface area contributed by atoms with Crippen molar-refractivity contribution < 1.29 is 0 Å².